The van der Waals surface area contributed by atoms with Crippen LogP contribution in [0.3, 0.4) is 0 Å². The van der Waals surface area contributed by atoms with Gasteiger partial charge in [-0.2, -0.15) is 0 Å². The molecule has 0 aromatic rings. The number of allylic oxidation sites excluding steroid dienone is 14. The SMILES string of the molecule is CCCCC/C=C\C=C/CCCCCCCCCCCCC(=O)OCC(COC(=O)CCC/C=C\C/C=C\C/C=C\CCCCCCCC)OC(=O)CCCCCCCCCCCC/C=C\C=C/CCCCC. The third-order valence-electron chi connectivity index (χ3n) is 13.4. The predicted molar refractivity (Wildman–Crippen MR) is 316 cm³/mol. The van der Waals surface area contributed by atoms with Crippen LogP contribution < -0.4 is 0 Å². The zero-order valence-corrected chi connectivity index (χ0v) is 48.1. The van der Waals surface area contributed by atoms with Crippen LogP contribution in [0.15, 0.2) is 85.1 Å². The van der Waals surface area contributed by atoms with Crippen LogP contribution in [0.2, 0.25) is 0 Å². The lowest BCUT2D eigenvalue weighted by molar-refractivity contribution is -0.167. The first-order chi connectivity index (χ1) is 36.0. The summed E-state index contributed by atoms with van der Waals surface area (Å²) in [6, 6.07) is 0. The number of rotatable bonds is 56. The maximum atomic E-state index is 12.9. The molecule has 0 aliphatic rings. The lowest BCUT2D eigenvalue weighted by atomic mass is 10.1. The summed E-state index contributed by atoms with van der Waals surface area (Å²) in [6.45, 7) is 6.56. The van der Waals surface area contributed by atoms with Crippen molar-refractivity contribution in [1.82, 2.24) is 0 Å². The van der Waals surface area contributed by atoms with Crippen LogP contribution in [0.5, 0.6) is 0 Å². The molecule has 0 amide bonds. The number of unbranched alkanes of at least 4 members (excludes halogenated alkanes) is 33. The number of hydrogen-bond acceptors (Lipinski definition) is 6. The third kappa shape index (κ3) is 59.3. The quantitative estimate of drug-likeness (QED) is 0.0199. The van der Waals surface area contributed by atoms with E-state index in [1.807, 2.05) is 0 Å². The third-order valence-corrected chi connectivity index (χ3v) is 13.4. The molecule has 1 atom stereocenters. The normalized spacial score (nSPS) is 12.6. The van der Waals surface area contributed by atoms with Crippen molar-refractivity contribution in [2.24, 2.45) is 0 Å². The number of hydrogen-bond donors (Lipinski definition) is 0. The molecule has 0 aliphatic heterocycles. The Bertz CT molecular complexity index is 1400. The van der Waals surface area contributed by atoms with Gasteiger partial charge in [0.2, 0.25) is 0 Å². The van der Waals surface area contributed by atoms with Gasteiger partial charge in [-0.3, -0.25) is 14.4 Å². The van der Waals surface area contributed by atoms with Crippen LogP contribution in [0, 0.1) is 0 Å². The van der Waals surface area contributed by atoms with E-state index in [1.165, 1.54) is 199 Å². The second kappa shape index (κ2) is 61.1. The molecule has 73 heavy (non-hydrogen) atoms. The van der Waals surface area contributed by atoms with Crippen molar-refractivity contribution in [1.29, 1.82) is 0 Å². The zero-order chi connectivity index (χ0) is 52.9. The van der Waals surface area contributed by atoms with Crippen molar-refractivity contribution in [3.63, 3.8) is 0 Å². The molecule has 0 aliphatic carbocycles. The Labute approximate surface area is 452 Å². The molecule has 0 radical (unpaired) electrons. The van der Waals surface area contributed by atoms with E-state index in [2.05, 4.69) is 106 Å². The molecule has 0 aromatic heterocycles. The Morgan fingerprint density at radius 2 is 0.548 bits per heavy atom. The van der Waals surface area contributed by atoms with Crippen molar-refractivity contribution < 1.29 is 28.6 Å². The fraction of sp³-hybridized carbons (Fsp3) is 0.746. The fourth-order valence-corrected chi connectivity index (χ4v) is 8.68. The van der Waals surface area contributed by atoms with E-state index >= 15 is 0 Å². The minimum absolute atomic E-state index is 0.0945. The Balaban J connectivity index is 4.45. The molecule has 6 heteroatoms. The number of esters is 3. The number of ether oxygens (including phenoxy) is 3. The molecule has 0 bridgehead atoms. The number of carbonyl (C=O) groups is 3. The van der Waals surface area contributed by atoms with Crippen molar-refractivity contribution in [2.75, 3.05) is 13.2 Å². The van der Waals surface area contributed by atoms with E-state index in [-0.39, 0.29) is 37.5 Å². The average Bonchev–Trinajstić information content (AvgIpc) is 3.39. The summed E-state index contributed by atoms with van der Waals surface area (Å²) in [6.07, 6.45) is 80.1. The smallest absolute Gasteiger partial charge is 0.306 e. The highest BCUT2D eigenvalue weighted by atomic mass is 16.6. The van der Waals surface area contributed by atoms with Crippen LogP contribution in [-0.4, -0.2) is 37.2 Å². The molecule has 0 heterocycles. The lowest BCUT2D eigenvalue weighted by Crippen LogP contribution is -2.30. The molecular weight excluding hydrogens is 901 g/mol. The maximum absolute atomic E-state index is 12.9. The summed E-state index contributed by atoms with van der Waals surface area (Å²) in [5, 5.41) is 0. The Morgan fingerprint density at radius 1 is 0.288 bits per heavy atom. The lowest BCUT2D eigenvalue weighted by Gasteiger charge is -2.18. The summed E-state index contributed by atoms with van der Waals surface area (Å²) >= 11 is 0. The molecule has 0 N–H and O–H groups in total. The van der Waals surface area contributed by atoms with Gasteiger partial charge in [-0.15, -0.1) is 0 Å². The molecule has 420 valence electrons. The second-order valence-electron chi connectivity index (χ2n) is 20.7. The van der Waals surface area contributed by atoms with Gasteiger partial charge in [0.05, 0.1) is 0 Å². The van der Waals surface area contributed by atoms with E-state index in [0.717, 1.165) is 57.8 Å². The minimum Gasteiger partial charge on any atom is -0.462 e. The van der Waals surface area contributed by atoms with E-state index in [9.17, 15) is 14.4 Å². The van der Waals surface area contributed by atoms with Crippen molar-refractivity contribution in [3.05, 3.63) is 85.1 Å². The highest BCUT2D eigenvalue weighted by Crippen LogP contribution is 2.16. The van der Waals surface area contributed by atoms with E-state index in [4.69, 9.17) is 14.2 Å². The highest BCUT2D eigenvalue weighted by molar-refractivity contribution is 5.71. The van der Waals surface area contributed by atoms with Gasteiger partial charge >= 0.3 is 17.9 Å². The Hall–Kier alpha value is -3.41. The topological polar surface area (TPSA) is 78.9 Å². The summed E-state index contributed by atoms with van der Waals surface area (Å²) < 4.78 is 16.9. The molecule has 6 nitrogen and oxygen atoms in total. The second-order valence-corrected chi connectivity index (χ2v) is 20.7. The Morgan fingerprint density at radius 3 is 0.932 bits per heavy atom. The van der Waals surface area contributed by atoms with Crippen molar-refractivity contribution >= 4 is 17.9 Å². The first-order valence-electron chi connectivity index (χ1n) is 31.1. The fourth-order valence-electron chi connectivity index (χ4n) is 8.68. The van der Waals surface area contributed by atoms with Gasteiger partial charge in [-0.05, 0) is 103 Å². The van der Waals surface area contributed by atoms with Crippen molar-refractivity contribution in [3.8, 4) is 0 Å². The molecule has 0 saturated carbocycles. The molecule has 0 aromatic carbocycles. The van der Waals surface area contributed by atoms with Gasteiger partial charge in [0.1, 0.15) is 13.2 Å². The van der Waals surface area contributed by atoms with Crippen LogP contribution in [0.1, 0.15) is 303 Å². The zero-order valence-electron chi connectivity index (χ0n) is 48.1. The van der Waals surface area contributed by atoms with Gasteiger partial charge < -0.3 is 14.2 Å². The average molecular weight is 1020 g/mol. The summed E-state index contributed by atoms with van der Waals surface area (Å²) in [5.74, 6) is -0.946. The van der Waals surface area contributed by atoms with Crippen LogP contribution in [-0.2, 0) is 28.6 Å². The van der Waals surface area contributed by atoms with Gasteiger partial charge in [0.25, 0.3) is 0 Å². The molecule has 1 unspecified atom stereocenters. The summed E-state index contributed by atoms with van der Waals surface area (Å²) in [4.78, 5) is 38.3. The largest absolute Gasteiger partial charge is 0.462 e. The first kappa shape index (κ1) is 69.6. The van der Waals surface area contributed by atoms with Crippen molar-refractivity contribution in [2.45, 2.75) is 309 Å². The van der Waals surface area contributed by atoms with Crippen LogP contribution >= 0.6 is 0 Å². The monoisotopic (exact) mass is 1020 g/mol. The van der Waals surface area contributed by atoms with Gasteiger partial charge in [0, 0.05) is 19.3 Å². The molecule has 0 spiro atoms. The highest BCUT2D eigenvalue weighted by Gasteiger charge is 2.19. The standard InChI is InChI=1S/C67H116O6/c1-4-7-10-13-16-19-22-25-28-31-33-36-39-42-45-48-51-54-57-60-66(69)72-63-64(62-71-65(68)59-56-53-50-47-44-41-38-35-30-27-24-21-18-15-12-9-6-3)73-67(70)61-58-55-52-49-46-43-40-37-34-32-29-26-23-20-17-14-11-8-5-2/h16-17,19-20,22-23,25-27,30,38,41,47,50,64H,4-15,18,21,24,28-29,31-37,39-40,42-46,48-49,51-63H2,1-3H3/b19-16-,20-17-,25-22-,26-23-,30-27-,41-38-,50-47-. The Kier molecular flexibility index (Phi) is 58.3. The van der Waals surface area contributed by atoms with E-state index in [0.29, 0.717) is 19.3 Å². The summed E-state index contributed by atoms with van der Waals surface area (Å²) in [7, 11) is 0. The molecule has 0 saturated heterocycles. The van der Waals surface area contributed by atoms with Gasteiger partial charge in [-0.25, -0.2) is 0 Å². The van der Waals surface area contributed by atoms with Gasteiger partial charge in [-0.1, -0.05) is 266 Å². The van der Waals surface area contributed by atoms with Crippen LogP contribution in [0.4, 0.5) is 0 Å². The van der Waals surface area contributed by atoms with E-state index in [1.54, 1.807) is 0 Å². The minimum atomic E-state index is -0.801. The van der Waals surface area contributed by atoms with Crippen LogP contribution in [0.25, 0.3) is 0 Å². The maximum Gasteiger partial charge on any atom is 0.306 e. The predicted octanol–water partition coefficient (Wildman–Crippen LogP) is 21.1. The first-order valence-corrected chi connectivity index (χ1v) is 31.1. The van der Waals surface area contributed by atoms with E-state index < -0.39 is 6.10 Å². The number of carbonyl (C=O) groups excluding carboxylic acids is 3. The molecule has 0 rings (SSSR count). The summed E-state index contributed by atoms with van der Waals surface area (Å²) in [5.41, 5.74) is 0. The van der Waals surface area contributed by atoms with Gasteiger partial charge in [0.15, 0.2) is 6.10 Å². The molecule has 0 fully saturated rings. The molecular formula is C67H116O6.